The standard InChI is InChI=1S/C11H8ClN3OS/c12-8-1-2-10(7(3-8)4-13)14-5-9-6-17-11(16)15-9/h1-3,6,14H,5H2,(H,15,16). The van der Waals surface area contributed by atoms with Crippen molar-refractivity contribution in [1.29, 1.82) is 5.26 Å². The average molecular weight is 266 g/mol. The van der Waals surface area contributed by atoms with Gasteiger partial charge in [0.05, 0.1) is 17.8 Å². The lowest BCUT2D eigenvalue weighted by atomic mass is 10.2. The van der Waals surface area contributed by atoms with Gasteiger partial charge in [0.15, 0.2) is 0 Å². The molecule has 1 aromatic carbocycles. The second-order valence-corrected chi connectivity index (χ2v) is 4.61. The summed E-state index contributed by atoms with van der Waals surface area (Å²) < 4.78 is 0. The van der Waals surface area contributed by atoms with Crippen LogP contribution in [0.4, 0.5) is 5.69 Å². The van der Waals surface area contributed by atoms with E-state index in [2.05, 4.69) is 16.4 Å². The van der Waals surface area contributed by atoms with Crippen LogP contribution in [-0.2, 0) is 6.54 Å². The fraction of sp³-hybridized carbons (Fsp3) is 0.0909. The largest absolute Gasteiger partial charge is 0.378 e. The van der Waals surface area contributed by atoms with Crippen molar-refractivity contribution in [1.82, 2.24) is 4.98 Å². The van der Waals surface area contributed by atoms with E-state index in [0.29, 0.717) is 22.8 Å². The van der Waals surface area contributed by atoms with Gasteiger partial charge < -0.3 is 10.3 Å². The maximum Gasteiger partial charge on any atom is 0.304 e. The highest BCUT2D eigenvalue weighted by Gasteiger charge is 2.03. The molecule has 1 heterocycles. The first-order valence-corrected chi connectivity index (χ1v) is 6.05. The highest BCUT2D eigenvalue weighted by atomic mass is 35.5. The first kappa shape index (κ1) is 11.7. The van der Waals surface area contributed by atoms with E-state index in [1.54, 1.807) is 23.6 Å². The van der Waals surface area contributed by atoms with E-state index < -0.39 is 0 Å². The minimum Gasteiger partial charge on any atom is -0.378 e. The molecule has 0 saturated heterocycles. The topological polar surface area (TPSA) is 68.7 Å². The average Bonchev–Trinajstić information content (AvgIpc) is 2.73. The molecule has 86 valence electrons. The predicted molar refractivity (Wildman–Crippen MR) is 68.4 cm³/mol. The monoisotopic (exact) mass is 265 g/mol. The van der Waals surface area contributed by atoms with Crippen LogP contribution in [0.2, 0.25) is 5.02 Å². The third-order valence-electron chi connectivity index (χ3n) is 2.14. The predicted octanol–water partition coefficient (Wildman–Crippen LogP) is 2.57. The molecule has 0 aliphatic rings. The maximum absolute atomic E-state index is 10.9. The molecule has 1 aromatic heterocycles. The number of nitriles is 1. The van der Waals surface area contributed by atoms with Gasteiger partial charge in [0.25, 0.3) is 0 Å². The van der Waals surface area contributed by atoms with Crippen LogP contribution < -0.4 is 10.2 Å². The number of benzene rings is 1. The van der Waals surface area contributed by atoms with Crippen molar-refractivity contribution in [3.63, 3.8) is 0 Å². The van der Waals surface area contributed by atoms with Gasteiger partial charge in [-0.15, -0.1) is 0 Å². The second-order valence-electron chi connectivity index (χ2n) is 3.33. The molecule has 0 aliphatic carbocycles. The number of thiazole rings is 1. The van der Waals surface area contributed by atoms with Gasteiger partial charge in [0.2, 0.25) is 0 Å². The van der Waals surface area contributed by atoms with Crippen molar-refractivity contribution in [2.24, 2.45) is 0 Å². The molecular formula is C11H8ClN3OS. The summed E-state index contributed by atoms with van der Waals surface area (Å²) in [6.07, 6.45) is 0. The Morgan fingerprint density at radius 3 is 3.00 bits per heavy atom. The number of aromatic nitrogens is 1. The lowest BCUT2D eigenvalue weighted by molar-refractivity contribution is 1.06. The van der Waals surface area contributed by atoms with Gasteiger partial charge in [-0.1, -0.05) is 22.9 Å². The Balaban J connectivity index is 2.14. The Morgan fingerprint density at radius 2 is 2.35 bits per heavy atom. The van der Waals surface area contributed by atoms with Gasteiger partial charge in [-0.3, -0.25) is 4.79 Å². The molecule has 0 aliphatic heterocycles. The summed E-state index contributed by atoms with van der Waals surface area (Å²) in [7, 11) is 0. The zero-order chi connectivity index (χ0) is 12.3. The summed E-state index contributed by atoms with van der Waals surface area (Å²) in [5.41, 5.74) is 1.97. The van der Waals surface area contributed by atoms with Crippen LogP contribution in [0.1, 0.15) is 11.3 Å². The molecule has 6 heteroatoms. The molecule has 2 N–H and O–H groups in total. The number of aromatic amines is 1. The van der Waals surface area contributed by atoms with Crippen molar-refractivity contribution in [2.75, 3.05) is 5.32 Å². The van der Waals surface area contributed by atoms with Crippen molar-refractivity contribution in [3.05, 3.63) is 49.5 Å². The molecular weight excluding hydrogens is 258 g/mol. The molecule has 0 fully saturated rings. The van der Waals surface area contributed by atoms with Crippen LogP contribution in [0.15, 0.2) is 28.4 Å². The first-order chi connectivity index (χ1) is 8.19. The molecule has 0 atom stereocenters. The Hall–Kier alpha value is -1.77. The van der Waals surface area contributed by atoms with Crippen molar-refractivity contribution in [2.45, 2.75) is 6.54 Å². The molecule has 0 saturated carbocycles. The quantitative estimate of drug-likeness (QED) is 0.896. The second kappa shape index (κ2) is 5.04. The molecule has 0 amide bonds. The van der Waals surface area contributed by atoms with Crippen LogP contribution in [0.5, 0.6) is 0 Å². The molecule has 0 bridgehead atoms. The zero-order valence-corrected chi connectivity index (χ0v) is 10.2. The summed E-state index contributed by atoms with van der Waals surface area (Å²) in [6, 6.07) is 7.11. The van der Waals surface area contributed by atoms with Gasteiger partial charge in [0, 0.05) is 16.1 Å². The fourth-order valence-corrected chi connectivity index (χ4v) is 2.11. The van der Waals surface area contributed by atoms with Crippen molar-refractivity contribution < 1.29 is 0 Å². The van der Waals surface area contributed by atoms with Gasteiger partial charge in [0.1, 0.15) is 6.07 Å². The summed E-state index contributed by atoms with van der Waals surface area (Å²) in [6.45, 7) is 0.467. The van der Waals surface area contributed by atoms with Crippen LogP contribution in [0.25, 0.3) is 0 Å². The number of H-pyrrole nitrogens is 1. The Labute approximate surface area is 106 Å². The molecule has 4 nitrogen and oxygen atoms in total. The van der Waals surface area contributed by atoms with Crippen molar-refractivity contribution in [3.8, 4) is 6.07 Å². The van der Waals surface area contributed by atoms with E-state index in [9.17, 15) is 4.79 Å². The van der Waals surface area contributed by atoms with E-state index in [1.807, 2.05) is 0 Å². The van der Waals surface area contributed by atoms with Crippen LogP contribution in [0.3, 0.4) is 0 Å². The number of hydrogen-bond acceptors (Lipinski definition) is 4. The van der Waals surface area contributed by atoms with Gasteiger partial charge >= 0.3 is 4.87 Å². The Bertz CT molecular complexity index is 626. The zero-order valence-electron chi connectivity index (χ0n) is 8.66. The minimum absolute atomic E-state index is 0.0848. The summed E-state index contributed by atoms with van der Waals surface area (Å²) in [5.74, 6) is 0. The number of hydrogen-bond donors (Lipinski definition) is 2. The normalized spacial score (nSPS) is 9.88. The highest BCUT2D eigenvalue weighted by Crippen LogP contribution is 2.20. The number of halogens is 1. The number of nitrogens with zero attached hydrogens (tertiary/aromatic N) is 1. The van der Waals surface area contributed by atoms with Gasteiger partial charge in [-0.25, -0.2) is 0 Å². The van der Waals surface area contributed by atoms with E-state index in [4.69, 9.17) is 16.9 Å². The molecule has 0 radical (unpaired) electrons. The first-order valence-electron chi connectivity index (χ1n) is 4.79. The SMILES string of the molecule is N#Cc1cc(Cl)ccc1NCc1csc(=O)[nH]1. The molecule has 17 heavy (non-hydrogen) atoms. The van der Waals surface area contributed by atoms with E-state index in [1.165, 1.54) is 0 Å². The minimum atomic E-state index is -0.0848. The molecule has 2 aromatic rings. The summed E-state index contributed by atoms with van der Waals surface area (Å²) in [4.78, 5) is 13.5. The lowest BCUT2D eigenvalue weighted by Crippen LogP contribution is -2.03. The van der Waals surface area contributed by atoms with Crippen LogP contribution in [-0.4, -0.2) is 4.98 Å². The van der Waals surface area contributed by atoms with Crippen molar-refractivity contribution >= 4 is 28.6 Å². The van der Waals surface area contributed by atoms with Gasteiger partial charge in [-0.05, 0) is 18.2 Å². The third-order valence-corrected chi connectivity index (χ3v) is 3.10. The number of rotatable bonds is 3. The third kappa shape index (κ3) is 2.87. The molecule has 0 unspecified atom stereocenters. The smallest absolute Gasteiger partial charge is 0.304 e. The number of nitrogens with one attached hydrogen (secondary N) is 2. The lowest BCUT2D eigenvalue weighted by Gasteiger charge is -2.06. The summed E-state index contributed by atoms with van der Waals surface area (Å²) in [5, 5.41) is 14.3. The van der Waals surface area contributed by atoms with Crippen LogP contribution in [0, 0.1) is 11.3 Å². The van der Waals surface area contributed by atoms with E-state index >= 15 is 0 Å². The van der Waals surface area contributed by atoms with Crippen LogP contribution >= 0.6 is 22.9 Å². The molecule has 2 rings (SSSR count). The van der Waals surface area contributed by atoms with E-state index in [0.717, 1.165) is 17.0 Å². The highest BCUT2D eigenvalue weighted by molar-refractivity contribution is 7.07. The van der Waals surface area contributed by atoms with E-state index in [-0.39, 0.29) is 4.87 Å². The maximum atomic E-state index is 10.9. The fourth-order valence-electron chi connectivity index (χ4n) is 1.35. The number of anilines is 1. The summed E-state index contributed by atoms with van der Waals surface area (Å²) >= 11 is 6.91. The molecule has 0 spiro atoms. The van der Waals surface area contributed by atoms with Gasteiger partial charge in [-0.2, -0.15) is 5.26 Å². The Morgan fingerprint density at radius 1 is 1.53 bits per heavy atom. The Kier molecular flexibility index (Phi) is 3.47.